The van der Waals surface area contributed by atoms with Gasteiger partial charge in [0.2, 0.25) is 0 Å². The summed E-state index contributed by atoms with van der Waals surface area (Å²) >= 11 is 1.85. The van der Waals surface area contributed by atoms with Crippen LogP contribution in [-0.4, -0.2) is 4.57 Å². The molecule has 0 aliphatic rings. The fraction of sp³-hybridized carbons (Fsp3) is 0. The number of aromatic nitrogens is 1. The van der Waals surface area contributed by atoms with Gasteiger partial charge >= 0.3 is 0 Å². The van der Waals surface area contributed by atoms with Crippen molar-refractivity contribution < 1.29 is 4.42 Å². The summed E-state index contributed by atoms with van der Waals surface area (Å²) in [5.41, 5.74) is 11.0. The Bertz CT molecular complexity index is 3020. The summed E-state index contributed by atoms with van der Waals surface area (Å²) in [6.07, 6.45) is 0. The molecule has 3 heterocycles. The minimum atomic E-state index is 0.877. The fourth-order valence-corrected chi connectivity index (χ4v) is 9.23. The number of rotatable bonds is 5. The van der Waals surface area contributed by atoms with E-state index < -0.39 is 0 Å². The molecule has 0 saturated heterocycles. The monoisotopic (exact) mass is 682 g/mol. The molecule has 0 bridgehead atoms. The van der Waals surface area contributed by atoms with Crippen molar-refractivity contribution in [2.24, 2.45) is 0 Å². The third kappa shape index (κ3) is 4.38. The van der Waals surface area contributed by atoms with Crippen LogP contribution >= 0.6 is 11.3 Å². The zero-order valence-corrected chi connectivity index (χ0v) is 28.8. The van der Waals surface area contributed by atoms with Gasteiger partial charge in [-0.2, -0.15) is 0 Å². The summed E-state index contributed by atoms with van der Waals surface area (Å²) in [4.78, 5) is 2.45. The Labute approximate surface area is 303 Å². The van der Waals surface area contributed by atoms with Crippen molar-refractivity contribution in [1.82, 2.24) is 4.57 Å². The van der Waals surface area contributed by atoms with Crippen molar-refractivity contribution in [3.05, 3.63) is 182 Å². The van der Waals surface area contributed by atoms with E-state index in [4.69, 9.17) is 4.42 Å². The van der Waals surface area contributed by atoms with E-state index in [0.717, 1.165) is 44.7 Å². The number of furan rings is 1. The van der Waals surface area contributed by atoms with E-state index in [1.165, 1.54) is 53.1 Å². The summed E-state index contributed by atoms with van der Waals surface area (Å²) in [6, 6.07) is 65.5. The molecule has 3 nitrogen and oxygen atoms in total. The lowest BCUT2D eigenvalue weighted by Crippen LogP contribution is -2.10. The number of nitrogens with zero attached hydrogens (tertiary/aromatic N) is 2. The number of hydrogen-bond donors (Lipinski definition) is 0. The number of hydrogen-bond acceptors (Lipinski definition) is 3. The van der Waals surface area contributed by atoms with Crippen LogP contribution in [0.1, 0.15) is 0 Å². The molecule has 0 amide bonds. The number of anilines is 3. The molecule has 244 valence electrons. The molecule has 52 heavy (non-hydrogen) atoms. The molecule has 0 saturated carbocycles. The maximum Gasteiger partial charge on any atom is 0.137 e. The lowest BCUT2D eigenvalue weighted by molar-refractivity contribution is 0.669. The normalized spacial score (nSPS) is 11.8. The summed E-state index contributed by atoms with van der Waals surface area (Å²) in [6.45, 7) is 0. The van der Waals surface area contributed by atoms with Crippen molar-refractivity contribution in [2.45, 2.75) is 0 Å². The lowest BCUT2D eigenvalue weighted by Gasteiger charge is -2.27. The van der Waals surface area contributed by atoms with Gasteiger partial charge in [-0.25, -0.2) is 0 Å². The van der Waals surface area contributed by atoms with Crippen LogP contribution in [0.15, 0.2) is 186 Å². The first-order valence-electron chi connectivity index (χ1n) is 17.6. The molecule has 8 aromatic carbocycles. The van der Waals surface area contributed by atoms with E-state index in [1.54, 1.807) is 0 Å². The summed E-state index contributed by atoms with van der Waals surface area (Å²) < 4.78 is 11.4. The van der Waals surface area contributed by atoms with Crippen molar-refractivity contribution in [3.8, 4) is 16.8 Å². The topological polar surface area (TPSA) is 21.3 Å². The van der Waals surface area contributed by atoms with E-state index in [9.17, 15) is 0 Å². The highest BCUT2D eigenvalue weighted by Gasteiger charge is 2.23. The van der Waals surface area contributed by atoms with Gasteiger partial charge < -0.3 is 13.9 Å². The quantitative estimate of drug-likeness (QED) is 0.180. The molecule has 4 heteroatoms. The molecule has 11 aromatic rings. The maximum absolute atomic E-state index is 6.45. The minimum absolute atomic E-state index is 0.877. The van der Waals surface area contributed by atoms with Crippen LogP contribution in [0.4, 0.5) is 17.1 Å². The summed E-state index contributed by atoms with van der Waals surface area (Å²) in [5.74, 6) is 0. The molecule has 3 aromatic heterocycles. The highest BCUT2D eigenvalue weighted by molar-refractivity contribution is 7.26. The van der Waals surface area contributed by atoms with Gasteiger partial charge in [0.25, 0.3) is 0 Å². The SMILES string of the molecule is c1ccc(-c2ccc(-n3c4ccccc4c4cc(N(c5cccc6oc7ccccc7c56)c5cccc6sc7ccccc7c56)ccc43)cc2)cc1. The molecular weight excluding hydrogens is 653 g/mol. The van der Waals surface area contributed by atoms with Crippen molar-refractivity contribution >= 4 is 92.3 Å². The van der Waals surface area contributed by atoms with Crippen molar-refractivity contribution in [1.29, 1.82) is 0 Å². The maximum atomic E-state index is 6.45. The highest BCUT2D eigenvalue weighted by atomic mass is 32.1. The Morgan fingerprint density at radius 3 is 1.92 bits per heavy atom. The van der Waals surface area contributed by atoms with Gasteiger partial charge in [0.05, 0.1) is 27.8 Å². The molecule has 0 unspecified atom stereocenters. The van der Waals surface area contributed by atoms with E-state index in [1.807, 2.05) is 17.4 Å². The van der Waals surface area contributed by atoms with Crippen LogP contribution in [0.25, 0.3) is 80.7 Å². The van der Waals surface area contributed by atoms with Gasteiger partial charge in [0, 0.05) is 47.7 Å². The first-order chi connectivity index (χ1) is 25.8. The van der Waals surface area contributed by atoms with E-state index in [0.29, 0.717) is 0 Å². The molecule has 0 aliphatic carbocycles. The van der Waals surface area contributed by atoms with Crippen LogP contribution in [0.2, 0.25) is 0 Å². The molecule has 0 fully saturated rings. The molecule has 0 radical (unpaired) electrons. The van der Waals surface area contributed by atoms with E-state index >= 15 is 0 Å². The molecule has 0 atom stereocenters. The Kier molecular flexibility index (Phi) is 6.42. The largest absolute Gasteiger partial charge is 0.456 e. The van der Waals surface area contributed by atoms with Crippen molar-refractivity contribution in [3.63, 3.8) is 0 Å². The first kappa shape index (κ1) is 29.1. The number of thiophene rings is 1. The number of fused-ring (bicyclic) bond motifs is 9. The van der Waals surface area contributed by atoms with Crippen LogP contribution < -0.4 is 4.90 Å². The Hall–Kier alpha value is -6.62. The predicted octanol–water partition coefficient (Wildman–Crippen LogP) is 14.2. The Morgan fingerprint density at radius 2 is 1.06 bits per heavy atom. The smallest absolute Gasteiger partial charge is 0.137 e. The second-order valence-corrected chi connectivity index (χ2v) is 14.4. The lowest BCUT2D eigenvalue weighted by atomic mass is 10.0. The van der Waals surface area contributed by atoms with Gasteiger partial charge in [-0.05, 0) is 83.9 Å². The van der Waals surface area contributed by atoms with E-state index in [2.05, 4.69) is 185 Å². The van der Waals surface area contributed by atoms with Gasteiger partial charge in [0.1, 0.15) is 11.2 Å². The molecule has 0 aliphatic heterocycles. The van der Waals surface area contributed by atoms with Gasteiger partial charge in [-0.3, -0.25) is 0 Å². The second-order valence-electron chi connectivity index (χ2n) is 13.3. The van der Waals surface area contributed by atoms with E-state index in [-0.39, 0.29) is 0 Å². The van der Waals surface area contributed by atoms with Crippen LogP contribution in [0.5, 0.6) is 0 Å². The molecule has 0 spiro atoms. The number of para-hydroxylation sites is 2. The third-order valence-electron chi connectivity index (χ3n) is 10.4. The first-order valence-corrected chi connectivity index (χ1v) is 18.4. The van der Waals surface area contributed by atoms with Gasteiger partial charge in [-0.15, -0.1) is 11.3 Å². The summed E-state index contributed by atoms with van der Waals surface area (Å²) in [5, 5.41) is 7.17. The van der Waals surface area contributed by atoms with Gasteiger partial charge in [0.15, 0.2) is 0 Å². The van der Waals surface area contributed by atoms with Crippen molar-refractivity contribution in [2.75, 3.05) is 4.90 Å². The molecule has 0 N–H and O–H groups in total. The summed E-state index contributed by atoms with van der Waals surface area (Å²) in [7, 11) is 0. The second kappa shape index (κ2) is 11.5. The Balaban J connectivity index is 1.18. The van der Waals surface area contributed by atoms with Crippen LogP contribution in [0, 0.1) is 0 Å². The third-order valence-corrected chi connectivity index (χ3v) is 11.5. The molecular formula is C48H30N2OS. The standard InChI is InChI=1S/C48H30N2OS/c1-2-12-31(13-3-1)32-24-26-33(27-25-32)49-39-17-7-4-14-35(39)38-30-34(28-29-40(38)49)50(41-18-10-21-44-47(41)36-15-5-8-20-43(36)51-44)42-19-11-23-46-48(42)37-16-6-9-22-45(37)52-46/h1-30H. The van der Waals surface area contributed by atoms with Gasteiger partial charge in [-0.1, -0.05) is 109 Å². The predicted molar refractivity (Wildman–Crippen MR) is 221 cm³/mol. The number of benzene rings is 8. The van der Waals surface area contributed by atoms with Crippen LogP contribution in [0.3, 0.4) is 0 Å². The average molecular weight is 683 g/mol. The average Bonchev–Trinajstić information content (AvgIpc) is 3.89. The van der Waals surface area contributed by atoms with Crippen LogP contribution in [-0.2, 0) is 0 Å². The highest BCUT2D eigenvalue weighted by Crippen LogP contribution is 2.49. The minimum Gasteiger partial charge on any atom is -0.456 e. The fourth-order valence-electron chi connectivity index (χ4n) is 8.10. The zero-order valence-electron chi connectivity index (χ0n) is 28.0. The molecule has 11 rings (SSSR count). The Morgan fingerprint density at radius 1 is 0.423 bits per heavy atom. The zero-order chi connectivity index (χ0) is 34.2.